The molecule has 2 aromatic heterocycles. The van der Waals surface area contributed by atoms with Crippen molar-refractivity contribution in [3.63, 3.8) is 0 Å². The maximum atomic E-state index is 10.7. The maximum Gasteiger partial charge on any atom is 0.373 e. The number of carboxylic acids is 1. The van der Waals surface area contributed by atoms with Crippen molar-refractivity contribution in [2.24, 2.45) is 7.05 Å². The lowest BCUT2D eigenvalue weighted by atomic mass is 10.4. The topological polar surface area (TPSA) is 81.2 Å². The highest BCUT2D eigenvalue weighted by molar-refractivity contribution is 5.85. The molecule has 15 heavy (non-hydrogen) atoms. The van der Waals surface area contributed by atoms with Crippen LogP contribution in [0.5, 0.6) is 0 Å². The number of oxazole rings is 1. The molecule has 0 radical (unpaired) electrons. The zero-order valence-corrected chi connectivity index (χ0v) is 8.26. The molecule has 2 aromatic rings. The van der Waals surface area contributed by atoms with E-state index in [-0.39, 0.29) is 11.7 Å². The summed E-state index contributed by atoms with van der Waals surface area (Å²) in [4.78, 5) is 18.7. The molecule has 0 unspecified atom stereocenters. The maximum absolute atomic E-state index is 10.7. The van der Waals surface area contributed by atoms with Gasteiger partial charge in [0.05, 0.1) is 18.2 Å². The first-order chi connectivity index (χ1) is 7.09. The van der Waals surface area contributed by atoms with Gasteiger partial charge in [-0.2, -0.15) is 0 Å². The number of hydrogen-bond donors (Lipinski definition) is 1. The molecule has 1 N–H and O–H groups in total. The van der Waals surface area contributed by atoms with E-state index >= 15 is 0 Å². The van der Waals surface area contributed by atoms with E-state index in [1.54, 1.807) is 31.1 Å². The molecule has 2 rings (SSSR count). The van der Waals surface area contributed by atoms with Gasteiger partial charge in [-0.25, -0.2) is 14.8 Å². The highest BCUT2D eigenvalue weighted by Crippen LogP contribution is 2.20. The van der Waals surface area contributed by atoms with Crippen molar-refractivity contribution in [2.45, 2.75) is 6.92 Å². The van der Waals surface area contributed by atoms with Crippen LogP contribution in [-0.2, 0) is 7.05 Å². The van der Waals surface area contributed by atoms with Crippen LogP contribution in [0.15, 0.2) is 16.9 Å². The Bertz CT molecular complexity index is 512. The molecule has 0 fully saturated rings. The second kappa shape index (κ2) is 3.23. The lowest BCUT2D eigenvalue weighted by Crippen LogP contribution is -1.95. The van der Waals surface area contributed by atoms with E-state index in [1.807, 2.05) is 0 Å². The van der Waals surface area contributed by atoms with Gasteiger partial charge in [-0.3, -0.25) is 0 Å². The Morgan fingerprint density at radius 1 is 1.60 bits per heavy atom. The summed E-state index contributed by atoms with van der Waals surface area (Å²) in [6, 6.07) is 0. The Morgan fingerprint density at radius 3 is 2.80 bits per heavy atom. The molecule has 6 heteroatoms. The summed E-state index contributed by atoms with van der Waals surface area (Å²) in [5.41, 5.74) is 1.00. The van der Waals surface area contributed by atoms with Crippen LogP contribution >= 0.6 is 0 Å². The minimum absolute atomic E-state index is 0.133. The second-order valence-electron chi connectivity index (χ2n) is 3.13. The van der Waals surface area contributed by atoms with E-state index in [0.29, 0.717) is 11.4 Å². The number of hydrogen-bond acceptors (Lipinski definition) is 4. The van der Waals surface area contributed by atoms with E-state index in [1.165, 1.54) is 0 Å². The van der Waals surface area contributed by atoms with Crippen LogP contribution < -0.4 is 0 Å². The Balaban J connectivity index is 2.52. The van der Waals surface area contributed by atoms with E-state index in [4.69, 9.17) is 9.52 Å². The summed E-state index contributed by atoms with van der Waals surface area (Å²) in [7, 11) is 1.78. The second-order valence-corrected chi connectivity index (χ2v) is 3.13. The molecule has 2 heterocycles. The first-order valence-electron chi connectivity index (χ1n) is 4.27. The first kappa shape index (κ1) is 9.45. The zero-order valence-electron chi connectivity index (χ0n) is 8.26. The van der Waals surface area contributed by atoms with Crippen molar-refractivity contribution >= 4 is 5.97 Å². The van der Waals surface area contributed by atoms with Gasteiger partial charge in [0.1, 0.15) is 5.69 Å². The molecule has 0 aliphatic rings. The normalized spacial score (nSPS) is 10.5. The molecule has 0 aliphatic heterocycles. The van der Waals surface area contributed by atoms with Crippen LogP contribution in [0.2, 0.25) is 0 Å². The number of carboxylic acid groups (broad SMARTS) is 1. The highest BCUT2D eigenvalue weighted by atomic mass is 16.4. The number of rotatable bonds is 2. The SMILES string of the molecule is Cc1nc(-c2cncn2C)oc1C(=O)O. The van der Waals surface area contributed by atoms with Gasteiger partial charge >= 0.3 is 5.97 Å². The standard InChI is InChI=1S/C9H9N3O3/c1-5-7(9(13)14)15-8(11-5)6-3-10-4-12(6)2/h3-4H,1-2H3,(H,13,14). The van der Waals surface area contributed by atoms with Gasteiger partial charge < -0.3 is 14.1 Å². The van der Waals surface area contributed by atoms with Gasteiger partial charge in [-0.05, 0) is 6.92 Å². The van der Waals surface area contributed by atoms with Gasteiger partial charge in [0.2, 0.25) is 11.7 Å². The van der Waals surface area contributed by atoms with Crippen molar-refractivity contribution in [3.8, 4) is 11.6 Å². The molecule has 0 aliphatic carbocycles. The molecule has 0 bridgehead atoms. The lowest BCUT2D eigenvalue weighted by Gasteiger charge is -1.94. The Morgan fingerprint density at radius 2 is 2.33 bits per heavy atom. The third-order valence-electron chi connectivity index (χ3n) is 2.03. The molecule has 6 nitrogen and oxygen atoms in total. The summed E-state index contributed by atoms with van der Waals surface area (Å²) in [5, 5.41) is 8.79. The average molecular weight is 207 g/mol. The van der Waals surface area contributed by atoms with Crippen molar-refractivity contribution < 1.29 is 14.3 Å². The third-order valence-corrected chi connectivity index (χ3v) is 2.03. The Hall–Kier alpha value is -2.11. The quantitative estimate of drug-likeness (QED) is 0.796. The monoisotopic (exact) mass is 207 g/mol. The molecule has 0 spiro atoms. The van der Waals surface area contributed by atoms with Crippen LogP contribution in [0.4, 0.5) is 0 Å². The summed E-state index contributed by atoms with van der Waals surface area (Å²) in [5.74, 6) is -0.982. The molecule has 78 valence electrons. The number of carbonyl (C=O) groups is 1. The van der Waals surface area contributed by atoms with Gasteiger partial charge in [0.15, 0.2) is 0 Å². The fourth-order valence-corrected chi connectivity index (χ4v) is 1.27. The molecule has 0 amide bonds. The van der Waals surface area contributed by atoms with Crippen molar-refractivity contribution in [1.82, 2.24) is 14.5 Å². The molecule has 0 aromatic carbocycles. The zero-order chi connectivity index (χ0) is 11.0. The summed E-state index contributed by atoms with van der Waals surface area (Å²) in [6.45, 7) is 1.59. The predicted molar refractivity (Wildman–Crippen MR) is 50.4 cm³/mol. The highest BCUT2D eigenvalue weighted by Gasteiger charge is 2.18. The third kappa shape index (κ3) is 1.50. The molecule has 0 atom stereocenters. The smallest absolute Gasteiger partial charge is 0.373 e. The van der Waals surface area contributed by atoms with Crippen molar-refractivity contribution in [2.75, 3.05) is 0 Å². The Kier molecular flexibility index (Phi) is 2.03. The van der Waals surface area contributed by atoms with Gasteiger partial charge in [-0.1, -0.05) is 0 Å². The first-order valence-corrected chi connectivity index (χ1v) is 4.27. The van der Waals surface area contributed by atoms with Gasteiger partial charge in [0, 0.05) is 7.05 Å². The largest absolute Gasteiger partial charge is 0.475 e. The average Bonchev–Trinajstić information content (AvgIpc) is 2.71. The van der Waals surface area contributed by atoms with E-state index in [2.05, 4.69) is 9.97 Å². The fourth-order valence-electron chi connectivity index (χ4n) is 1.27. The predicted octanol–water partition coefficient (Wildman–Crippen LogP) is 1.08. The van der Waals surface area contributed by atoms with Crippen LogP contribution in [-0.4, -0.2) is 25.6 Å². The minimum Gasteiger partial charge on any atom is -0.475 e. The number of aryl methyl sites for hydroxylation is 2. The van der Waals surface area contributed by atoms with Crippen LogP contribution in [0.1, 0.15) is 16.2 Å². The number of imidazole rings is 1. The van der Waals surface area contributed by atoms with E-state index in [9.17, 15) is 4.79 Å². The summed E-state index contributed by atoms with van der Waals surface area (Å²) >= 11 is 0. The van der Waals surface area contributed by atoms with Gasteiger partial charge in [0.25, 0.3) is 0 Å². The van der Waals surface area contributed by atoms with Crippen LogP contribution in [0, 0.1) is 6.92 Å². The molecular weight excluding hydrogens is 198 g/mol. The molecule has 0 saturated carbocycles. The Labute approximate surface area is 85.2 Å². The van der Waals surface area contributed by atoms with E-state index < -0.39 is 5.97 Å². The minimum atomic E-state index is -1.12. The molecule has 0 saturated heterocycles. The lowest BCUT2D eigenvalue weighted by molar-refractivity contribution is 0.0662. The molecular formula is C9H9N3O3. The van der Waals surface area contributed by atoms with Crippen LogP contribution in [0.3, 0.4) is 0 Å². The fraction of sp³-hybridized carbons (Fsp3) is 0.222. The van der Waals surface area contributed by atoms with Crippen molar-refractivity contribution in [3.05, 3.63) is 24.0 Å². The summed E-state index contributed by atoms with van der Waals surface area (Å²) < 4.78 is 6.83. The summed E-state index contributed by atoms with van der Waals surface area (Å²) in [6.07, 6.45) is 3.16. The number of aromatic carboxylic acids is 1. The number of nitrogens with zero attached hydrogens (tertiary/aromatic N) is 3. The van der Waals surface area contributed by atoms with E-state index in [0.717, 1.165) is 0 Å². The van der Waals surface area contributed by atoms with Gasteiger partial charge in [-0.15, -0.1) is 0 Å². The van der Waals surface area contributed by atoms with Crippen LogP contribution in [0.25, 0.3) is 11.6 Å². The number of aromatic nitrogens is 3. The van der Waals surface area contributed by atoms with Crippen molar-refractivity contribution in [1.29, 1.82) is 0 Å².